The summed E-state index contributed by atoms with van der Waals surface area (Å²) >= 11 is 0. The second-order valence-electron chi connectivity index (χ2n) is 5.45. The summed E-state index contributed by atoms with van der Waals surface area (Å²) in [6.45, 7) is 4.01. The van der Waals surface area contributed by atoms with E-state index in [9.17, 15) is 0 Å². The summed E-state index contributed by atoms with van der Waals surface area (Å²) in [7, 11) is 0. The smallest absolute Gasteiger partial charge is 0.207 e. The summed E-state index contributed by atoms with van der Waals surface area (Å²) in [6.07, 6.45) is 1.55. The van der Waals surface area contributed by atoms with Crippen LogP contribution in [0.4, 0.5) is 5.95 Å². The molecule has 1 aromatic carbocycles. The highest BCUT2D eigenvalue weighted by Crippen LogP contribution is 2.23. The van der Waals surface area contributed by atoms with Crippen molar-refractivity contribution in [3.63, 3.8) is 0 Å². The molecule has 0 bridgehead atoms. The minimum atomic E-state index is 0.360. The van der Waals surface area contributed by atoms with Crippen LogP contribution in [0.25, 0.3) is 22.6 Å². The summed E-state index contributed by atoms with van der Waals surface area (Å²) < 4.78 is 3.56. The molecule has 0 fully saturated rings. The topological polar surface area (TPSA) is 86.9 Å². The molecule has 7 heteroatoms. The highest BCUT2D eigenvalue weighted by Gasteiger charge is 2.09. The van der Waals surface area contributed by atoms with Gasteiger partial charge in [-0.1, -0.05) is 12.1 Å². The molecule has 0 saturated heterocycles. The van der Waals surface area contributed by atoms with Gasteiger partial charge in [-0.05, 0) is 32.0 Å². The van der Waals surface area contributed by atoms with E-state index in [-0.39, 0.29) is 0 Å². The average Bonchev–Trinajstić information content (AvgIpc) is 3.14. The first-order valence-corrected chi connectivity index (χ1v) is 7.22. The number of hydrogen-bond acceptors (Lipinski definition) is 5. The van der Waals surface area contributed by atoms with Crippen LogP contribution in [0.15, 0.2) is 42.7 Å². The SMILES string of the molecule is Cc1cc(C)n(-c2cccc(-c3cc4nncn4c(N)n3)c2)n1. The minimum absolute atomic E-state index is 0.360. The number of rotatable bonds is 2. The van der Waals surface area contributed by atoms with Gasteiger partial charge in [-0.2, -0.15) is 5.10 Å². The summed E-state index contributed by atoms with van der Waals surface area (Å²) in [5.41, 5.74) is 11.4. The molecule has 0 aliphatic heterocycles. The fraction of sp³-hybridized carbons (Fsp3) is 0.125. The number of fused-ring (bicyclic) bond motifs is 1. The first kappa shape index (κ1) is 13.4. The van der Waals surface area contributed by atoms with Crippen molar-refractivity contribution < 1.29 is 0 Å². The van der Waals surface area contributed by atoms with E-state index in [1.807, 2.05) is 54.9 Å². The Bertz CT molecular complexity index is 1010. The molecule has 7 nitrogen and oxygen atoms in total. The van der Waals surface area contributed by atoms with Gasteiger partial charge in [0.25, 0.3) is 0 Å². The predicted octanol–water partition coefficient (Wildman–Crippen LogP) is 2.18. The van der Waals surface area contributed by atoms with E-state index in [4.69, 9.17) is 5.73 Å². The number of aromatic nitrogens is 6. The Balaban J connectivity index is 1.85. The van der Waals surface area contributed by atoms with Crippen molar-refractivity contribution in [1.29, 1.82) is 0 Å². The molecule has 114 valence electrons. The van der Waals surface area contributed by atoms with Crippen LogP contribution in [0.3, 0.4) is 0 Å². The van der Waals surface area contributed by atoms with Gasteiger partial charge in [0.1, 0.15) is 6.33 Å². The molecule has 0 aliphatic rings. The van der Waals surface area contributed by atoms with Crippen LogP contribution in [0.5, 0.6) is 0 Å². The largest absolute Gasteiger partial charge is 0.369 e. The van der Waals surface area contributed by atoms with Crippen LogP contribution in [0.1, 0.15) is 11.4 Å². The van der Waals surface area contributed by atoms with Crippen molar-refractivity contribution in [3.05, 3.63) is 54.1 Å². The number of hydrogen-bond donors (Lipinski definition) is 1. The number of benzene rings is 1. The van der Waals surface area contributed by atoms with E-state index >= 15 is 0 Å². The first-order chi connectivity index (χ1) is 11.1. The van der Waals surface area contributed by atoms with E-state index < -0.39 is 0 Å². The van der Waals surface area contributed by atoms with Gasteiger partial charge < -0.3 is 5.73 Å². The van der Waals surface area contributed by atoms with Crippen LogP contribution in [0.2, 0.25) is 0 Å². The minimum Gasteiger partial charge on any atom is -0.369 e. The molecule has 0 saturated carbocycles. The Morgan fingerprint density at radius 1 is 1.09 bits per heavy atom. The fourth-order valence-corrected chi connectivity index (χ4v) is 2.69. The summed E-state index contributed by atoms with van der Waals surface area (Å²) in [5, 5.41) is 12.4. The van der Waals surface area contributed by atoms with E-state index in [1.165, 1.54) is 0 Å². The Labute approximate surface area is 132 Å². The molecule has 0 atom stereocenters. The molecule has 0 radical (unpaired) electrons. The second-order valence-corrected chi connectivity index (χ2v) is 5.45. The maximum absolute atomic E-state index is 5.97. The zero-order valence-electron chi connectivity index (χ0n) is 12.8. The van der Waals surface area contributed by atoms with E-state index in [0.29, 0.717) is 11.6 Å². The van der Waals surface area contributed by atoms with Crippen LogP contribution >= 0.6 is 0 Å². The lowest BCUT2D eigenvalue weighted by Crippen LogP contribution is -2.02. The quantitative estimate of drug-likeness (QED) is 0.613. The van der Waals surface area contributed by atoms with Crippen LogP contribution < -0.4 is 5.73 Å². The first-order valence-electron chi connectivity index (χ1n) is 7.22. The molecule has 23 heavy (non-hydrogen) atoms. The standard InChI is InChI=1S/C16H15N7/c1-10-6-11(2)23(21-10)13-5-3-4-12(7-13)14-8-15-20-18-9-22(15)16(17)19-14/h3-9H,1-2H3,(H2,17,19). The molecular weight excluding hydrogens is 290 g/mol. The molecule has 3 heterocycles. The molecule has 3 aromatic heterocycles. The zero-order chi connectivity index (χ0) is 16.0. The third kappa shape index (κ3) is 2.22. The van der Waals surface area contributed by atoms with Crippen molar-refractivity contribution in [2.24, 2.45) is 0 Å². The van der Waals surface area contributed by atoms with Crippen molar-refractivity contribution in [1.82, 2.24) is 29.4 Å². The summed E-state index contributed by atoms with van der Waals surface area (Å²) in [6, 6.07) is 11.9. The summed E-state index contributed by atoms with van der Waals surface area (Å²) in [4.78, 5) is 4.44. The van der Waals surface area contributed by atoms with Gasteiger partial charge >= 0.3 is 0 Å². The van der Waals surface area contributed by atoms with Gasteiger partial charge in [0.2, 0.25) is 5.95 Å². The van der Waals surface area contributed by atoms with E-state index in [1.54, 1.807) is 10.7 Å². The van der Waals surface area contributed by atoms with Crippen LogP contribution in [-0.2, 0) is 0 Å². The predicted molar refractivity (Wildman–Crippen MR) is 87.2 cm³/mol. The maximum Gasteiger partial charge on any atom is 0.207 e. The lowest BCUT2D eigenvalue weighted by Gasteiger charge is -2.08. The molecule has 0 amide bonds. The van der Waals surface area contributed by atoms with E-state index in [2.05, 4.69) is 20.3 Å². The van der Waals surface area contributed by atoms with Gasteiger partial charge in [-0.25, -0.2) is 9.67 Å². The van der Waals surface area contributed by atoms with Crippen LogP contribution in [0, 0.1) is 13.8 Å². The number of nitrogens with two attached hydrogens (primary N) is 1. The number of anilines is 1. The van der Waals surface area contributed by atoms with Crippen LogP contribution in [-0.4, -0.2) is 29.4 Å². The monoisotopic (exact) mass is 305 g/mol. The molecule has 0 aliphatic carbocycles. The van der Waals surface area contributed by atoms with Crippen molar-refractivity contribution >= 4 is 11.6 Å². The molecule has 0 unspecified atom stereocenters. The number of nitrogen functional groups attached to an aromatic ring is 1. The van der Waals surface area contributed by atoms with E-state index in [0.717, 1.165) is 28.3 Å². The fourth-order valence-electron chi connectivity index (χ4n) is 2.69. The second kappa shape index (κ2) is 4.91. The average molecular weight is 305 g/mol. The lowest BCUT2D eigenvalue weighted by molar-refractivity contribution is 0.834. The van der Waals surface area contributed by atoms with Gasteiger partial charge in [0.15, 0.2) is 5.65 Å². The zero-order valence-corrected chi connectivity index (χ0v) is 12.8. The lowest BCUT2D eigenvalue weighted by atomic mass is 10.1. The molecule has 0 spiro atoms. The maximum atomic E-state index is 5.97. The number of nitrogens with zero attached hydrogens (tertiary/aromatic N) is 6. The number of aryl methyl sites for hydroxylation is 2. The molecule has 4 aromatic rings. The third-order valence-corrected chi connectivity index (χ3v) is 3.72. The Kier molecular flexibility index (Phi) is 2.87. The molecular formula is C16H15N7. The molecule has 4 rings (SSSR count). The Morgan fingerprint density at radius 3 is 2.74 bits per heavy atom. The van der Waals surface area contributed by atoms with Crippen molar-refractivity contribution in [2.75, 3.05) is 5.73 Å². The van der Waals surface area contributed by atoms with Gasteiger partial charge in [0, 0.05) is 17.3 Å². The van der Waals surface area contributed by atoms with Gasteiger partial charge in [-0.15, -0.1) is 10.2 Å². The van der Waals surface area contributed by atoms with Gasteiger partial charge in [-0.3, -0.25) is 4.40 Å². The van der Waals surface area contributed by atoms with Crippen molar-refractivity contribution in [3.8, 4) is 16.9 Å². The Hall–Kier alpha value is -3.22. The van der Waals surface area contributed by atoms with Crippen molar-refractivity contribution in [2.45, 2.75) is 13.8 Å². The molecule has 2 N–H and O–H groups in total. The Morgan fingerprint density at radius 2 is 1.96 bits per heavy atom. The third-order valence-electron chi connectivity index (χ3n) is 3.72. The highest BCUT2D eigenvalue weighted by atomic mass is 15.3. The normalized spacial score (nSPS) is 11.2. The van der Waals surface area contributed by atoms with Gasteiger partial charge in [0.05, 0.1) is 17.1 Å². The highest BCUT2D eigenvalue weighted by molar-refractivity contribution is 5.67. The summed E-state index contributed by atoms with van der Waals surface area (Å²) in [5.74, 6) is 0.360.